The van der Waals surface area contributed by atoms with Gasteiger partial charge in [0.1, 0.15) is 24.1 Å². The molecule has 6 aliphatic rings. The molecule has 5 fully saturated rings. The van der Waals surface area contributed by atoms with Gasteiger partial charge in [-0.25, -0.2) is 4.79 Å². The number of carbonyl (C=O) groups excluding carboxylic acids is 1. The average Bonchev–Trinajstić information content (AvgIpc) is 3.21. The molecule has 1 aliphatic carbocycles. The summed E-state index contributed by atoms with van der Waals surface area (Å²) in [6, 6.07) is 7.83. The number of hydrogen-bond donors (Lipinski definition) is 5. The number of rotatable bonds is 6. The van der Waals surface area contributed by atoms with Gasteiger partial charge >= 0.3 is 5.97 Å². The summed E-state index contributed by atoms with van der Waals surface area (Å²) in [6.45, 7) is 5.57. The van der Waals surface area contributed by atoms with E-state index in [4.69, 9.17) is 15.3 Å². The van der Waals surface area contributed by atoms with Gasteiger partial charge in [-0.05, 0) is 43.7 Å². The zero-order valence-electron chi connectivity index (χ0n) is 21.8. The number of piperidine rings is 4. The molecule has 13 atom stereocenters. The number of carboxylic acids is 2. The fraction of sp³-hybridized carbons (Fsp3) is 0.704. The van der Waals surface area contributed by atoms with Crippen LogP contribution >= 0.6 is 15.9 Å². The Labute approximate surface area is 230 Å². The van der Waals surface area contributed by atoms with E-state index in [-0.39, 0.29) is 17.7 Å². The van der Waals surface area contributed by atoms with Gasteiger partial charge in [0.2, 0.25) is 0 Å². The molecule has 1 aromatic rings. The fourth-order valence-corrected chi connectivity index (χ4v) is 9.67. The Balaban J connectivity index is 0.000000253. The van der Waals surface area contributed by atoms with E-state index in [2.05, 4.69) is 59.9 Å². The van der Waals surface area contributed by atoms with Gasteiger partial charge in [-0.2, -0.15) is 0 Å². The molecule has 10 nitrogen and oxygen atoms in total. The van der Waals surface area contributed by atoms with Crippen LogP contribution in [0.3, 0.4) is 0 Å². The molecule has 38 heavy (non-hydrogen) atoms. The van der Waals surface area contributed by atoms with E-state index >= 15 is 0 Å². The molecule has 4 unspecified atom stereocenters. The van der Waals surface area contributed by atoms with Crippen LogP contribution in [0.2, 0.25) is 0 Å². The van der Waals surface area contributed by atoms with E-state index in [0.29, 0.717) is 35.9 Å². The summed E-state index contributed by atoms with van der Waals surface area (Å²) < 4.78 is 2.03. The molecule has 4 saturated heterocycles. The van der Waals surface area contributed by atoms with Gasteiger partial charge in [0.25, 0.3) is 0 Å². The minimum absolute atomic E-state index is 0.156. The van der Waals surface area contributed by atoms with Gasteiger partial charge in [0.05, 0.1) is 37.1 Å². The maximum absolute atomic E-state index is 12.0. The Morgan fingerprint density at radius 2 is 1.89 bits per heavy atom. The first kappa shape index (κ1) is 27.9. The van der Waals surface area contributed by atoms with Crippen LogP contribution in [0.4, 0.5) is 5.69 Å². The first-order valence-electron chi connectivity index (χ1n) is 13.5. The van der Waals surface area contributed by atoms with Gasteiger partial charge in [-0.3, -0.25) is 9.38 Å². The summed E-state index contributed by atoms with van der Waals surface area (Å²) in [5, 5.41) is 57.4. The van der Waals surface area contributed by atoms with Crippen LogP contribution in [0.1, 0.15) is 45.1 Å². The molecule has 5 heterocycles. The Kier molecular flexibility index (Phi) is 6.99. The van der Waals surface area contributed by atoms with Crippen molar-refractivity contribution in [1.82, 2.24) is 9.38 Å². The minimum atomic E-state index is -2.38. The van der Waals surface area contributed by atoms with Crippen molar-refractivity contribution in [1.29, 1.82) is 0 Å². The number of aliphatic hydroxyl groups excluding tert-OH is 4. The van der Waals surface area contributed by atoms with Crippen molar-refractivity contribution in [3.05, 3.63) is 28.2 Å². The van der Waals surface area contributed by atoms with E-state index < -0.39 is 24.1 Å². The van der Waals surface area contributed by atoms with Crippen LogP contribution in [0, 0.1) is 17.8 Å². The number of carboxylic acid groups (broad SMARTS) is 2. The average molecular weight is 598 g/mol. The van der Waals surface area contributed by atoms with Crippen molar-refractivity contribution >= 4 is 33.6 Å². The van der Waals surface area contributed by atoms with Gasteiger partial charge < -0.3 is 35.4 Å². The highest BCUT2D eigenvalue weighted by Crippen LogP contribution is 2.70. The number of hydrogen-bond acceptors (Lipinski definition) is 8. The number of carbonyl (C=O) groups is 2. The summed E-state index contributed by atoms with van der Waals surface area (Å²) in [5.41, 5.74) is 2.63. The second-order valence-corrected chi connectivity index (χ2v) is 12.8. The number of nitrogens with zero attached hydrogens (tertiary/aromatic N) is 2. The highest BCUT2D eigenvalue weighted by Gasteiger charge is 2.80. The first-order valence-corrected chi connectivity index (χ1v) is 14.2. The van der Waals surface area contributed by atoms with Gasteiger partial charge in [-0.15, -0.1) is 0 Å². The van der Waals surface area contributed by atoms with Gasteiger partial charge in [0.15, 0.2) is 6.10 Å². The predicted octanol–water partition coefficient (Wildman–Crippen LogP) is -0.229. The zero-order valence-corrected chi connectivity index (χ0v) is 23.4. The van der Waals surface area contributed by atoms with Crippen molar-refractivity contribution in [3.63, 3.8) is 0 Å². The number of benzene rings is 1. The van der Waals surface area contributed by atoms with E-state index in [0.717, 1.165) is 41.2 Å². The van der Waals surface area contributed by atoms with Crippen molar-refractivity contribution in [2.45, 2.75) is 87.6 Å². The van der Waals surface area contributed by atoms with E-state index in [9.17, 15) is 24.9 Å². The lowest BCUT2D eigenvalue weighted by Crippen LogP contribution is -2.75. The monoisotopic (exact) mass is 596 g/mol. The van der Waals surface area contributed by atoms with Crippen LogP contribution < -0.4 is 9.59 Å². The van der Waals surface area contributed by atoms with Crippen LogP contribution in [-0.2, 0) is 15.0 Å². The second-order valence-electron chi connectivity index (χ2n) is 11.9. The summed E-state index contributed by atoms with van der Waals surface area (Å²) in [7, 11) is 2.40. The maximum atomic E-state index is 12.0. The summed E-state index contributed by atoms with van der Waals surface area (Å²) in [5.74, 6) is -2.74. The number of aliphatic hydroxyl groups is 4. The molecule has 1 spiro atoms. The van der Waals surface area contributed by atoms with Gasteiger partial charge in [0, 0.05) is 34.0 Å². The largest absolute Gasteiger partial charge is 0.547 e. The molecule has 1 aromatic carbocycles. The Morgan fingerprint density at radius 1 is 1.21 bits per heavy atom. The highest BCUT2D eigenvalue weighted by atomic mass is 79.9. The first-order chi connectivity index (χ1) is 17.9. The minimum Gasteiger partial charge on any atom is -0.547 e. The molecule has 0 aromatic heterocycles. The third kappa shape index (κ3) is 3.52. The highest BCUT2D eigenvalue weighted by molar-refractivity contribution is 9.10. The van der Waals surface area contributed by atoms with Crippen LogP contribution in [0.25, 0.3) is 0 Å². The third-order valence-corrected chi connectivity index (χ3v) is 10.9. The number of aliphatic carboxylic acids is 2. The second kappa shape index (κ2) is 9.50. The lowest BCUT2D eigenvalue weighted by molar-refractivity contribution is -0.318. The van der Waals surface area contributed by atoms with Crippen molar-refractivity contribution in [3.8, 4) is 0 Å². The molecular formula is C27H37BrN2O8. The standard InChI is InChI=1S/C23H32BrN2O2.C4H6O6/c1-4-8-26(3)18-7-6-12(24)9-15(18)23-11-17-19(21(23)27)14-10-16(20(23)26)25(17)22(28)13(14)5-2;5-1(3(7)8)2(6)4(9)10/h6-7,9,13-14,16-17,19-22,27-28H,4-5,8,10-11H2,1-3H3;1-2,5-6H,(H,7,8)(H,9,10)/q+1;/p-1/t13-,14-,16-,17-,19-,20-,21+,22+,23-,26?;/m0./s1. The van der Waals surface area contributed by atoms with Crippen molar-refractivity contribution < 1.29 is 40.2 Å². The lowest BCUT2D eigenvalue weighted by Gasteiger charge is -2.62. The van der Waals surface area contributed by atoms with Crippen molar-refractivity contribution in [2.75, 3.05) is 13.6 Å². The molecular weight excluding hydrogens is 560 g/mol. The van der Waals surface area contributed by atoms with E-state index in [1.807, 2.05) is 0 Å². The molecule has 1 saturated carbocycles. The molecule has 210 valence electrons. The molecule has 5 bridgehead atoms. The number of fused-ring (bicyclic) bond motifs is 2. The number of quaternary nitrogens is 1. The normalized spacial score (nSPS) is 44.6. The van der Waals surface area contributed by atoms with E-state index in [1.165, 1.54) is 11.3 Å². The molecule has 5 aliphatic heterocycles. The SMILES string of the molecule is CCC[N+]1(C)c2ccc(Br)cc2[C@@]23C[C@H]4[C@H]([C@H]5C[C@@H]([C@@H]21)N4[C@H](O)[C@H]5CC)[C@H]3O.O=C([O-])C(O)C(O)C(=O)O. The van der Waals surface area contributed by atoms with E-state index in [1.54, 1.807) is 0 Å². The van der Waals surface area contributed by atoms with Crippen LogP contribution in [0.5, 0.6) is 0 Å². The maximum Gasteiger partial charge on any atom is 0.335 e. The summed E-state index contributed by atoms with van der Waals surface area (Å²) >= 11 is 3.72. The van der Waals surface area contributed by atoms with Crippen molar-refractivity contribution in [2.24, 2.45) is 17.8 Å². The Hall–Kier alpha value is -1.60. The zero-order chi connectivity index (χ0) is 27.9. The third-order valence-electron chi connectivity index (χ3n) is 10.4. The molecule has 7 rings (SSSR count). The van der Waals surface area contributed by atoms with Crippen LogP contribution in [-0.4, -0.2) is 98.6 Å². The Morgan fingerprint density at radius 3 is 2.45 bits per heavy atom. The summed E-state index contributed by atoms with van der Waals surface area (Å²) in [4.78, 5) is 21.9. The Bertz CT molecular complexity index is 1120. The smallest absolute Gasteiger partial charge is 0.335 e. The van der Waals surface area contributed by atoms with Gasteiger partial charge in [-0.1, -0.05) is 29.8 Å². The molecule has 5 N–H and O–H groups in total. The lowest BCUT2D eigenvalue weighted by atomic mass is 9.62. The topological polar surface area (TPSA) is 162 Å². The fourth-order valence-electron chi connectivity index (χ4n) is 9.30. The predicted molar refractivity (Wildman–Crippen MR) is 139 cm³/mol. The van der Waals surface area contributed by atoms with Crippen LogP contribution in [0.15, 0.2) is 22.7 Å². The molecule has 0 amide bonds. The molecule has 11 heteroatoms. The number of likely N-dealkylation sites (N-methyl/N-ethyl adjacent to an activating group) is 1. The molecule has 0 radical (unpaired) electrons. The number of halogens is 1. The quantitative estimate of drug-likeness (QED) is 0.279. The summed E-state index contributed by atoms with van der Waals surface area (Å²) in [6.07, 6.45) is -1.05.